The van der Waals surface area contributed by atoms with E-state index in [4.69, 9.17) is 0 Å². The van der Waals surface area contributed by atoms with Crippen molar-refractivity contribution in [2.24, 2.45) is 0 Å². The molecule has 0 radical (unpaired) electrons. The molecule has 2 rings (SSSR count). The van der Waals surface area contributed by atoms with Crippen molar-refractivity contribution < 1.29 is 4.79 Å². The standard InChI is InChI=1S/C19H21NO/c1-3-20(4-2)19(21)18(17-13-9-6-10-14-17)15-16-11-7-5-8-12-16/h5-15H,3-4H2,1-2H3/b18-15+. The first kappa shape index (κ1) is 15.0. The van der Waals surface area contributed by atoms with Crippen molar-refractivity contribution in [2.45, 2.75) is 13.8 Å². The van der Waals surface area contributed by atoms with Gasteiger partial charge in [0.2, 0.25) is 0 Å². The SMILES string of the molecule is CCN(CC)C(=O)/C(=C/c1ccccc1)c1ccccc1. The van der Waals surface area contributed by atoms with Gasteiger partial charge in [-0.15, -0.1) is 0 Å². The van der Waals surface area contributed by atoms with Gasteiger partial charge in [-0.1, -0.05) is 60.7 Å². The van der Waals surface area contributed by atoms with Crippen molar-refractivity contribution in [3.05, 3.63) is 71.8 Å². The second-order valence-corrected chi connectivity index (χ2v) is 4.81. The first-order chi connectivity index (χ1) is 10.3. The van der Waals surface area contributed by atoms with Gasteiger partial charge in [0.15, 0.2) is 0 Å². The van der Waals surface area contributed by atoms with E-state index < -0.39 is 0 Å². The Hall–Kier alpha value is -2.35. The maximum absolute atomic E-state index is 12.8. The number of hydrogen-bond acceptors (Lipinski definition) is 1. The number of hydrogen-bond donors (Lipinski definition) is 0. The number of nitrogens with zero attached hydrogens (tertiary/aromatic N) is 1. The smallest absolute Gasteiger partial charge is 0.254 e. The van der Waals surface area contributed by atoms with Gasteiger partial charge in [-0.25, -0.2) is 0 Å². The minimum Gasteiger partial charge on any atom is -0.339 e. The minimum atomic E-state index is 0.0788. The Morgan fingerprint density at radius 1 is 0.905 bits per heavy atom. The van der Waals surface area contributed by atoms with E-state index in [2.05, 4.69) is 0 Å². The number of carbonyl (C=O) groups excluding carboxylic acids is 1. The molecule has 0 unspecified atom stereocenters. The third-order valence-electron chi connectivity index (χ3n) is 3.48. The molecule has 0 saturated carbocycles. The van der Waals surface area contributed by atoms with Crippen LogP contribution in [0, 0.1) is 0 Å². The highest BCUT2D eigenvalue weighted by atomic mass is 16.2. The molecule has 2 aromatic carbocycles. The zero-order valence-corrected chi connectivity index (χ0v) is 12.6. The molecular weight excluding hydrogens is 258 g/mol. The van der Waals surface area contributed by atoms with Gasteiger partial charge in [-0.05, 0) is 31.1 Å². The van der Waals surface area contributed by atoms with Crippen molar-refractivity contribution in [1.82, 2.24) is 4.90 Å². The third kappa shape index (κ3) is 3.82. The van der Waals surface area contributed by atoms with Crippen LogP contribution in [-0.4, -0.2) is 23.9 Å². The van der Waals surface area contributed by atoms with Crippen LogP contribution in [0.3, 0.4) is 0 Å². The van der Waals surface area contributed by atoms with E-state index in [9.17, 15) is 4.79 Å². The van der Waals surface area contributed by atoms with Gasteiger partial charge in [0, 0.05) is 18.7 Å². The van der Waals surface area contributed by atoms with E-state index in [0.29, 0.717) is 13.1 Å². The summed E-state index contributed by atoms with van der Waals surface area (Å²) < 4.78 is 0. The maximum Gasteiger partial charge on any atom is 0.254 e. The maximum atomic E-state index is 12.8. The molecule has 0 aliphatic carbocycles. The van der Waals surface area contributed by atoms with Crippen LogP contribution in [0.15, 0.2) is 60.7 Å². The molecule has 0 aromatic heterocycles. The normalized spacial score (nSPS) is 11.2. The summed E-state index contributed by atoms with van der Waals surface area (Å²) in [6, 6.07) is 19.8. The molecule has 21 heavy (non-hydrogen) atoms. The number of benzene rings is 2. The van der Waals surface area contributed by atoms with Gasteiger partial charge in [-0.2, -0.15) is 0 Å². The molecular formula is C19H21NO. The molecule has 0 spiro atoms. The van der Waals surface area contributed by atoms with Crippen LogP contribution < -0.4 is 0 Å². The Morgan fingerprint density at radius 3 is 1.95 bits per heavy atom. The van der Waals surface area contributed by atoms with Crippen molar-refractivity contribution >= 4 is 17.6 Å². The van der Waals surface area contributed by atoms with Crippen molar-refractivity contribution in [3.63, 3.8) is 0 Å². The first-order valence-electron chi connectivity index (χ1n) is 7.37. The molecule has 108 valence electrons. The Kier molecular flexibility index (Phi) is 5.33. The highest BCUT2D eigenvalue weighted by molar-refractivity contribution is 6.24. The Morgan fingerprint density at radius 2 is 1.43 bits per heavy atom. The van der Waals surface area contributed by atoms with E-state index >= 15 is 0 Å². The van der Waals surface area contributed by atoms with Crippen LogP contribution >= 0.6 is 0 Å². The van der Waals surface area contributed by atoms with Gasteiger partial charge >= 0.3 is 0 Å². The number of likely N-dealkylation sites (N-methyl/N-ethyl adjacent to an activating group) is 1. The lowest BCUT2D eigenvalue weighted by Gasteiger charge is -2.20. The van der Waals surface area contributed by atoms with Crippen LogP contribution in [0.5, 0.6) is 0 Å². The quantitative estimate of drug-likeness (QED) is 0.596. The topological polar surface area (TPSA) is 20.3 Å². The van der Waals surface area contributed by atoms with E-state index in [1.165, 1.54) is 0 Å². The second kappa shape index (κ2) is 7.44. The largest absolute Gasteiger partial charge is 0.339 e. The molecule has 2 aromatic rings. The van der Waals surface area contributed by atoms with E-state index in [1.54, 1.807) is 0 Å². The number of carbonyl (C=O) groups is 1. The molecule has 0 fully saturated rings. The average molecular weight is 279 g/mol. The van der Waals surface area contributed by atoms with Gasteiger partial charge in [-0.3, -0.25) is 4.79 Å². The summed E-state index contributed by atoms with van der Waals surface area (Å²) in [6.07, 6.45) is 1.97. The summed E-state index contributed by atoms with van der Waals surface area (Å²) in [7, 11) is 0. The fraction of sp³-hybridized carbons (Fsp3) is 0.211. The Balaban J connectivity index is 2.45. The molecule has 0 atom stereocenters. The molecule has 0 heterocycles. The lowest BCUT2D eigenvalue weighted by molar-refractivity contribution is -0.124. The Bertz CT molecular complexity index is 598. The molecule has 0 aliphatic heterocycles. The first-order valence-corrected chi connectivity index (χ1v) is 7.37. The second-order valence-electron chi connectivity index (χ2n) is 4.81. The van der Waals surface area contributed by atoms with Crippen molar-refractivity contribution in [3.8, 4) is 0 Å². The predicted octanol–water partition coefficient (Wildman–Crippen LogP) is 4.10. The molecule has 2 heteroatoms. The van der Waals surface area contributed by atoms with E-state index in [0.717, 1.165) is 16.7 Å². The fourth-order valence-electron chi connectivity index (χ4n) is 2.28. The lowest BCUT2D eigenvalue weighted by Crippen LogP contribution is -2.31. The molecule has 0 bridgehead atoms. The van der Waals surface area contributed by atoms with E-state index in [-0.39, 0.29) is 5.91 Å². The van der Waals surface area contributed by atoms with Gasteiger partial charge in [0.1, 0.15) is 0 Å². The van der Waals surface area contributed by atoms with Crippen LogP contribution in [0.1, 0.15) is 25.0 Å². The average Bonchev–Trinajstić information content (AvgIpc) is 2.55. The van der Waals surface area contributed by atoms with Gasteiger partial charge < -0.3 is 4.90 Å². The highest BCUT2D eigenvalue weighted by Gasteiger charge is 2.17. The fourth-order valence-corrected chi connectivity index (χ4v) is 2.28. The number of amides is 1. The van der Waals surface area contributed by atoms with Gasteiger partial charge in [0.05, 0.1) is 0 Å². The molecule has 1 amide bonds. The highest BCUT2D eigenvalue weighted by Crippen LogP contribution is 2.20. The minimum absolute atomic E-state index is 0.0788. The van der Waals surface area contributed by atoms with Crippen LogP contribution in [0.25, 0.3) is 11.6 Å². The van der Waals surface area contributed by atoms with Crippen LogP contribution in [-0.2, 0) is 4.79 Å². The zero-order valence-electron chi connectivity index (χ0n) is 12.6. The third-order valence-corrected chi connectivity index (χ3v) is 3.48. The Labute approximate surface area is 126 Å². The van der Waals surface area contributed by atoms with Gasteiger partial charge in [0.25, 0.3) is 5.91 Å². The summed E-state index contributed by atoms with van der Waals surface area (Å²) >= 11 is 0. The van der Waals surface area contributed by atoms with Crippen molar-refractivity contribution in [2.75, 3.05) is 13.1 Å². The molecule has 2 nitrogen and oxygen atoms in total. The van der Waals surface area contributed by atoms with Crippen LogP contribution in [0.4, 0.5) is 0 Å². The summed E-state index contributed by atoms with van der Waals surface area (Å²) in [5.41, 5.74) is 2.74. The summed E-state index contributed by atoms with van der Waals surface area (Å²) in [4.78, 5) is 14.6. The van der Waals surface area contributed by atoms with Crippen LogP contribution in [0.2, 0.25) is 0 Å². The summed E-state index contributed by atoms with van der Waals surface area (Å²) in [5, 5.41) is 0. The van der Waals surface area contributed by atoms with E-state index in [1.807, 2.05) is 85.5 Å². The molecule has 0 saturated heterocycles. The summed E-state index contributed by atoms with van der Waals surface area (Å²) in [6.45, 7) is 5.45. The zero-order chi connectivity index (χ0) is 15.1. The predicted molar refractivity (Wildman–Crippen MR) is 88.7 cm³/mol. The monoisotopic (exact) mass is 279 g/mol. The number of rotatable bonds is 5. The molecule has 0 aliphatic rings. The van der Waals surface area contributed by atoms with Crippen molar-refractivity contribution in [1.29, 1.82) is 0 Å². The molecule has 0 N–H and O–H groups in total. The lowest BCUT2D eigenvalue weighted by atomic mass is 10.0. The summed E-state index contributed by atoms with van der Waals surface area (Å²) in [5.74, 6) is 0.0788.